The lowest BCUT2D eigenvalue weighted by molar-refractivity contribution is -0.116. The van der Waals surface area contributed by atoms with Crippen LogP contribution in [0.4, 0.5) is 10.1 Å². The highest BCUT2D eigenvalue weighted by atomic mass is 35.5. The van der Waals surface area contributed by atoms with Crippen LogP contribution in [0.15, 0.2) is 45.0 Å². The molecule has 0 saturated heterocycles. The molecule has 0 unspecified atom stereocenters. The third-order valence-electron chi connectivity index (χ3n) is 2.93. The minimum absolute atomic E-state index is 0.0643. The van der Waals surface area contributed by atoms with Crippen molar-refractivity contribution >= 4 is 34.5 Å². The number of aromatic nitrogens is 2. The predicted molar refractivity (Wildman–Crippen MR) is 84.1 cm³/mol. The van der Waals surface area contributed by atoms with Gasteiger partial charge in [0.2, 0.25) is 5.91 Å². The van der Waals surface area contributed by atoms with Crippen LogP contribution in [0.25, 0.3) is 10.7 Å². The largest absolute Gasteiger partial charge is 0.442 e. The van der Waals surface area contributed by atoms with Crippen LogP contribution in [-0.2, 0) is 11.3 Å². The zero-order chi connectivity index (χ0) is 16.4. The highest BCUT2D eigenvalue weighted by molar-refractivity contribution is 7.13. The normalized spacial score (nSPS) is 10.7. The minimum Gasteiger partial charge on any atom is -0.323 e. The Kier molecular flexibility index (Phi) is 4.26. The molecule has 9 heteroatoms. The Hall–Kier alpha value is -2.45. The SMILES string of the molecule is O=C(Cn1c(-c2cccs2)noc1=O)Nc1ccc(F)cc1Cl. The molecular formula is C14H9ClFN3O3S. The molecule has 1 amide bonds. The molecule has 0 aliphatic heterocycles. The predicted octanol–water partition coefficient (Wildman–Crippen LogP) is 3.00. The molecule has 2 aromatic heterocycles. The van der Waals surface area contributed by atoms with Crippen molar-refractivity contribution in [3.8, 4) is 10.7 Å². The molecule has 0 fully saturated rings. The van der Waals surface area contributed by atoms with Crippen LogP contribution < -0.4 is 11.1 Å². The van der Waals surface area contributed by atoms with Crippen molar-refractivity contribution in [1.29, 1.82) is 0 Å². The summed E-state index contributed by atoms with van der Waals surface area (Å²) in [5.41, 5.74) is 0.250. The molecule has 1 aromatic carbocycles. The molecule has 0 radical (unpaired) electrons. The lowest BCUT2D eigenvalue weighted by atomic mass is 10.3. The maximum absolute atomic E-state index is 13.0. The number of hydrogen-bond donors (Lipinski definition) is 1. The zero-order valence-electron chi connectivity index (χ0n) is 11.5. The van der Waals surface area contributed by atoms with Gasteiger partial charge in [0.1, 0.15) is 12.4 Å². The number of anilines is 1. The second-order valence-electron chi connectivity index (χ2n) is 4.51. The van der Waals surface area contributed by atoms with Crippen molar-refractivity contribution in [2.75, 3.05) is 5.32 Å². The van der Waals surface area contributed by atoms with Gasteiger partial charge < -0.3 is 5.32 Å². The monoisotopic (exact) mass is 353 g/mol. The summed E-state index contributed by atoms with van der Waals surface area (Å²) in [6.07, 6.45) is 0. The van der Waals surface area contributed by atoms with Gasteiger partial charge in [-0.2, -0.15) is 0 Å². The first kappa shape index (κ1) is 15.4. The van der Waals surface area contributed by atoms with E-state index in [2.05, 4.69) is 15.0 Å². The Bertz CT molecular complexity index is 904. The molecule has 3 rings (SSSR count). The molecule has 0 spiro atoms. The smallest absolute Gasteiger partial charge is 0.323 e. The summed E-state index contributed by atoms with van der Waals surface area (Å²) in [7, 11) is 0. The van der Waals surface area contributed by atoms with E-state index in [9.17, 15) is 14.0 Å². The number of rotatable bonds is 4. The van der Waals surface area contributed by atoms with E-state index in [0.717, 1.165) is 10.6 Å². The van der Waals surface area contributed by atoms with E-state index in [0.29, 0.717) is 4.88 Å². The van der Waals surface area contributed by atoms with E-state index >= 15 is 0 Å². The summed E-state index contributed by atoms with van der Waals surface area (Å²) in [5.74, 6) is -1.50. The van der Waals surface area contributed by atoms with Gasteiger partial charge in [0.15, 0.2) is 5.82 Å². The summed E-state index contributed by atoms with van der Waals surface area (Å²) in [6, 6.07) is 7.14. The topological polar surface area (TPSA) is 77.1 Å². The molecule has 118 valence electrons. The highest BCUT2D eigenvalue weighted by Crippen LogP contribution is 2.23. The van der Waals surface area contributed by atoms with Crippen LogP contribution >= 0.6 is 22.9 Å². The number of halogens is 2. The van der Waals surface area contributed by atoms with E-state index in [1.807, 2.05) is 5.38 Å². The van der Waals surface area contributed by atoms with Crippen molar-refractivity contribution in [3.63, 3.8) is 0 Å². The second kappa shape index (κ2) is 6.35. The van der Waals surface area contributed by atoms with Gasteiger partial charge in [0.25, 0.3) is 0 Å². The summed E-state index contributed by atoms with van der Waals surface area (Å²) in [4.78, 5) is 24.5. The number of carbonyl (C=O) groups excluding carboxylic acids is 1. The average Bonchev–Trinajstić information content (AvgIpc) is 3.13. The van der Waals surface area contributed by atoms with Gasteiger partial charge in [-0.3, -0.25) is 9.32 Å². The fourth-order valence-electron chi connectivity index (χ4n) is 1.91. The Morgan fingerprint density at radius 3 is 2.96 bits per heavy atom. The van der Waals surface area contributed by atoms with E-state index in [1.165, 1.54) is 23.5 Å². The van der Waals surface area contributed by atoms with Gasteiger partial charge in [-0.15, -0.1) is 11.3 Å². The van der Waals surface area contributed by atoms with Crippen molar-refractivity contribution in [2.45, 2.75) is 6.54 Å². The van der Waals surface area contributed by atoms with Crippen LogP contribution in [-0.4, -0.2) is 15.6 Å². The highest BCUT2D eigenvalue weighted by Gasteiger charge is 2.17. The summed E-state index contributed by atoms with van der Waals surface area (Å²) in [6.45, 7) is -0.302. The first-order valence-electron chi connectivity index (χ1n) is 6.40. The maximum atomic E-state index is 13.0. The fourth-order valence-corrected chi connectivity index (χ4v) is 2.84. The lowest BCUT2D eigenvalue weighted by Crippen LogP contribution is -2.25. The number of thiophene rings is 1. The van der Waals surface area contributed by atoms with Crippen LogP contribution in [0.1, 0.15) is 0 Å². The number of carbonyl (C=O) groups is 1. The molecule has 2 heterocycles. The molecule has 0 bridgehead atoms. The van der Waals surface area contributed by atoms with Crippen molar-refractivity contribution in [1.82, 2.24) is 9.72 Å². The first-order chi connectivity index (χ1) is 11.0. The number of benzene rings is 1. The zero-order valence-corrected chi connectivity index (χ0v) is 13.0. The number of hydrogen-bond acceptors (Lipinski definition) is 5. The van der Waals surface area contributed by atoms with Crippen molar-refractivity contribution in [3.05, 3.63) is 57.1 Å². The second-order valence-corrected chi connectivity index (χ2v) is 5.86. The summed E-state index contributed by atoms with van der Waals surface area (Å²) in [5, 5.41) is 8.07. The Morgan fingerprint density at radius 2 is 2.26 bits per heavy atom. The minimum atomic E-state index is -0.742. The maximum Gasteiger partial charge on any atom is 0.442 e. The van der Waals surface area contributed by atoms with Gasteiger partial charge in [0.05, 0.1) is 15.6 Å². The average molecular weight is 354 g/mol. The van der Waals surface area contributed by atoms with E-state index in [4.69, 9.17) is 11.6 Å². The molecule has 0 aliphatic carbocycles. The quantitative estimate of drug-likeness (QED) is 0.782. The molecule has 0 aliphatic rings. The number of nitrogens with one attached hydrogen (secondary N) is 1. The summed E-state index contributed by atoms with van der Waals surface area (Å²) < 4.78 is 18.7. The molecule has 23 heavy (non-hydrogen) atoms. The third kappa shape index (κ3) is 3.33. The Labute approximate surface area is 138 Å². The molecular weight excluding hydrogens is 345 g/mol. The van der Waals surface area contributed by atoms with E-state index in [1.54, 1.807) is 12.1 Å². The summed E-state index contributed by atoms with van der Waals surface area (Å²) >= 11 is 7.21. The van der Waals surface area contributed by atoms with Gasteiger partial charge in [0, 0.05) is 0 Å². The Morgan fingerprint density at radius 1 is 1.43 bits per heavy atom. The lowest BCUT2D eigenvalue weighted by Gasteiger charge is -2.07. The molecule has 0 saturated carbocycles. The van der Waals surface area contributed by atoms with Gasteiger partial charge in [-0.05, 0) is 29.6 Å². The first-order valence-corrected chi connectivity index (χ1v) is 7.65. The van der Waals surface area contributed by atoms with Crippen molar-refractivity contribution in [2.24, 2.45) is 0 Å². The van der Waals surface area contributed by atoms with Crippen LogP contribution in [0.3, 0.4) is 0 Å². The third-order valence-corrected chi connectivity index (χ3v) is 4.11. The van der Waals surface area contributed by atoms with E-state index in [-0.39, 0.29) is 23.1 Å². The molecule has 3 aromatic rings. The number of amides is 1. The number of nitrogens with zero attached hydrogens (tertiary/aromatic N) is 2. The fraction of sp³-hybridized carbons (Fsp3) is 0.0714. The van der Waals surface area contributed by atoms with Crippen LogP contribution in [0.2, 0.25) is 5.02 Å². The standard InChI is InChI=1S/C14H9ClFN3O3S/c15-9-6-8(16)3-4-10(9)17-12(20)7-19-13(18-22-14(19)21)11-2-1-5-23-11/h1-6H,7H2,(H,17,20). The van der Waals surface area contributed by atoms with Gasteiger partial charge in [-0.1, -0.05) is 22.8 Å². The molecule has 0 atom stereocenters. The molecule has 1 N–H and O–H groups in total. The van der Waals surface area contributed by atoms with Gasteiger partial charge >= 0.3 is 5.76 Å². The van der Waals surface area contributed by atoms with Crippen LogP contribution in [0.5, 0.6) is 0 Å². The molecule has 6 nitrogen and oxygen atoms in total. The van der Waals surface area contributed by atoms with Gasteiger partial charge in [-0.25, -0.2) is 13.8 Å². The van der Waals surface area contributed by atoms with Crippen molar-refractivity contribution < 1.29 is 13.7 Å². The van der Waals surface area contributed by atoms with Crippen LogP contribution in [0, 0.1) is 5.82 Å². The van der Waals surface area contributed by atoms with E-state index < -0.39 is 17.5 Å². The Balaban J connectivity index is 1.81.